The van der Waals surface area contributed by atoms with Crippen molar-refractivity contribution in [1.29, 1.82) is 0 Å². The van der Waals surface area contributed by atoms with Crippen LogP contribution in [-0.4, -0.2) is 45.9 Å². The van der Waals surface area contributed by atoms with E-state index in [9.17, 15) is 24.3 Å². The number of nitrogens with one attached hydrogen (secondary N) is 2. The number of urea groups is 1. The number of nitrogens with zero attached hydrogens (tertiary/aromatic N) is 1. The first-order valence-electron chi connectivity index (χ1n) is 8.04. The molecule has 0 spiro atoms. The Kier molecular flexibility index (Phi) is 4.20. The molecule has 1 saturated heterocycles. The van der Waals surface area contributed by atoms with Crippen molar-refractivity contribution in [2.24, 2.45) is 5.92 Å². The quantitative estimate of drug-likeness (QED) is 0.655. The lowest BCUT2D eigenvalue weighted by atomic mass is 9.96. The van der Waals surface area contributed by atoms with Gasteiger partial charge < -0.3 is 15.7 Å². The van der Waals surface area contributed by atoms with Crippen molar-refractivity contribution in [3.8, 4) is 0 Å². The summed E-state index contributed by atoms with van der Waals surface area (Å²) in [5.41, 5.74) is -0.563. The highest BCUT2D eigenvalue weighted by Gasteiger charge is 2.56. The normalized spacial score (nSPS) is 24.0. The van der Waals surface area contributed by atoms with E-state index in [0.717, 1.165) is 17.7 Å². The highest BCUT2D eigenvalue weighted by atomic mass is 16.4. The van der Waals surface area contributed by atoms with Gasteiger partial charge in [0.2, 0.25) is 5.91 Å². The van der Waals surface area contributed by atoms with Crippen LogP contribution in [0.1, 0.15) is 31.4 Å². The van der Waals surface area contributed by atoms with Gasteiger partial charge in [0.05, 0.1) is 0 Å². The third kappa shape index (κ3) is 3.19. The summed E-state index contributed by atoms with van der Waals surface area (Å²) in [6.45, 7) is 1.15. The minimum atomic E-state index is -1.25. The predicted octanol–water partition coefficient (Wildman–Crippen LogP) is 0.649. The molecule has 1 saturated carbocycles. The molecule has 2 fully saturated rings. The van der Waals surface area contributed by atoms with Crippen LogP contribution < -0.4 is 10.6 Å². The summed E-state index contributed by atoms with van der Waals surface area (Å²) in [5, 5.41) is 14.3. The summed E-state index contributed by atoms with van der Waals surface area (Å²) < 4.78 is 0. The van der Waals surface area contributed by atoms with E-state index in [0.29, 0.717) is 5.56 Å². The van der Waals surface area contributed by atoms with Crippen LogP contribution in [0, 0.1) is 5.92 Å². The molecule has 1 aliphatic heterocycles. The smallest absolute Gasteiger partial charge is 0.330 e. The van der Waals surface area contributed by atoms with E-state index in [1.54, 1.807) is 37.3 Å². The van der Waals surface area contributed by atoms with Gasteiger partial charge in [0.15, 0.2) is 6.04 Å². The van der Waals surface area contributed by atoms with Crippen molar-refractivity contribution in [2.45, 2.75) is 31.3 Å². The number of carboxylic acid groups (broad SMARTS) is 1. The van der Waals surface area contributed by atoms with E-state index in [2.05, 4.69) is 10.6 Å². The molecule has 8 nitrogen and oxygen atoms in total. The lowest BCUT2D eigenvalue weighted by molar-refractivity contribution is -0.142. The number of benzene rings is 1. The molecule has 1 aromatic rings. The summed E-state index contributed by atoms with van der Waals surface area (Å²) in [6, 6.07) is 6.35. The number of aliphatic carboxylic acids is 1. The minimum absolute atomic E-state index is 0.0908. The van der Waals surface area contributed by atoms with Crippen LogP contribution in [0.15, 0.2) is 30.3 Å². The predicted molar refractivity (Wildman–Crippen MR) is 86.3 cm³/mol. The third-order valence-electron chi connectivity index (χ3n) is 4.68. The van der Waals surface area contributed by atoms with Gasteiger partial charge in [-0.1, -0.05) is 30.3 Å². The van der Waals surface area contributed by atoms with Crippen molar-refractivity contribution in [1.82, 2.24) is 15.5 Å². The molecule has 0 unspecified atom stereocenters. The van der Waals surface area contributed by atoms with Crippen LogP contribution in [-0.2, 0) is 14.4 Å². The van der Waals surface area contributed by atoms with Crippen molar-refractivity contribution < 1.29 is 24.3 Å². The van der Waals surface area contributed by atoms with E-state index < -0.39 is 41.9 Å². The van der Waals surface area contributed by atoms with Crippen LogP contribution in [0.2, 0.25) is 0 Å². The molecule has 0 bridgehead atoms. The zero-order valence-corrected chi connectivity index (χ0v) is 13.7. The molecular weight excluding hydrogens is 326 g/mol. The molecule has 3 N–H and O–H groups in total. The summed E-state index contributed by atoms with van der Waals surface area (Å²) >= 11 is 0. The molecule has 2 atom stereocenters. The van der Waals surface area contributed by atoms with Gasteiger partial charge in [0, 0.05) is 0 Å². The van der Waals surface area contributed by atoms with Gasteiger partial charge in [-0.25, -0.2) is 9.59 Å². The Labute approximate surface area is 144 Å². The second-order valence-electron chi connectivity index (χ2n) is 6.55. The highest BCUT2D eigenvalue weighted by Crippen LogP contribution is 2.42. The van der Waals surface area contributed by atoms with Gasteiger partial charge in [0.1, 0.15) is 12.1 Å². The monoisotopic (exact) mass is 345 g/mol. The SMILES string of the molecule is C[C@@]1(C2CC2)NC(=O)N(CC(=O)N[C@H](C(=O)O)c2ccccc2)C1=O. The van der Waals surface area contributed by atoms with E-state index in [1.807, 2.05) is 0 Å². The van der Waals surface area contributed by atoms with E-state index >= 15 is 0 Å². The van der Waals surface area contributed by atoms with Crippen molar-refractivity contribution in [3.63, 3.8) is 0 Å². The highest BCUT2D eigenvalue weighted by molar-refractivity contribution is 6.09. The van der Waals surface area contributed by atoms with Gasteiger partial charge in [-0.15, -0.1) is 0 Å². The first-order valence-corrected chi connectivity index (χ1v) is 8.04. The van der Waals surface area contributed by atoms with Crippen LogP contribution in [0.3, 0.4) is 0 Å². The largest absolute Gasteiger partial charge is 0.479 e. The maximum Gasteiger partial charge on any atom is 0.330 e. The van der Waals surface area contributed by atoms with Crippen LogP contribution in [0.4, 0.5) is 4.79 Å². The lowest BCUT2D eigenvalue weighted by Crippen LogP contribution is -2.47. The average Bonchev–Trinajstić information content (AvgIpc) is 3.39. The maximum atomic E-state index is 12.5. The molecule has 0 radical (unpaired) electrons. The molecule has 8 heteroatoms. The number of carbonyl (C=O) groups excluding carboxylic acids is 3. The Morgan fingerprint density at radius 2 is 1.96 bits per heavy atom. The fourth-order valence-electron chi connectivity index (χ4n) is 3.08. The molecule has 4 amide bonds. The summed E-state index contributed by atoms with van der Waals surface area (Å²) in [4.78, 5) is 49.0. The summed E-state index contributed by atoms with van der Waals surface area (Å²) in [6.07, 6.45) is 1.72. The van der Waals surface area contributed by atoms with E-state index in [-0.39, 0.29) is 5.92 Å². The third-order valence-corrected chi connectivity index (χ3v) is 4.68. The number of carboxylic acids is 1. The number of hydrogen-bond acceptors (Lipinski definition) is 4. The Hall–Kier alpha value is -2.90. The number of rotatable bonds is 6. The fourth-order valence-corrected chi connectivity index (χ4v) is 3.08. The molecule has 3 rings (SSSR count). The van der Waals surface area contributed by atoms with E-state index in [1.165, 1.54) is 0 Å². The van der Waals surface area contributed by atoms with Gasteiger partial charge in [-0.2, -0.15) is 0 Å². The summed E-state index contributed by atoms with van der Waals surface area (Å²) in [7, 11) is 0. The Bertz CT molecular complexity index is 731. The second kappa shape index (κ2) is 6.19. The zero-order chi connectivity index (χ0) is 18.2. The minimum Gasteiger partial charge on any atom is -0.479 e. The van der Waals surface area contributed by atoms with Crippen LogP contribution >= 0.6 is 0 Å². The molecular formula is C17H19N3O5. The standard InChI is InChI=1S/C17H19N3O5/c1-17(11-7-8-11)15(24)20(16(25)19-17)9-12(21)18-13(14(22)23)10-5-3-2-4-6-10/h2-6,11,13H,7-9H2,1H3,(H,18,21)(H,19,25)(H,22,23)/t13-,17-/m0/s1. The average molecular weight is 345 g/mol. The molecule has 0 aromatic heterocycles. The molecule has 1 aliphatic carbocycles. The van der Waals surface area contributed by atoms with Gasteiger partial charge in [0.25, 0.3) is 5.91 Å². The Balaban J connectivity index is 1.68. The molecule has 2 aliphatic rings. The zero-order valence-electron chi connectivity index (χ0n) is 13.7. The number of carbonyl (C=O) groups is 4. The lowest BCUT2D eigenvalue weighted by Gasteiger charge is -2.21. The molecule has 1 aromatic carbocycles. The van der Waals surface area contributed by atoms with Crippen molar-refractivity contribution >= 4 is 23.8 Å². The maximum absolute atomic E-state index is 12.5. The number of hydrogen-bond donors (Lipinski definition) is 3. The van der Waals surface area contributed by atoms with Gasteiger partial charge in [-0.3, -0.25) is 14.5 Å². The topological polar surface area (TPSA) is 116 Å². The Morgan fingerprint density at radius 3 is 2.52 bits per heavy atom. The van der Waals surface area contributed by atoms with Gasteiger partial charge >= 0.3 is 12.0 Å². The van der Waals surface area contributed by atoms with Crippen LogP contribution in [0.25, 0.3) is 0 Å². The second-order valence-corrected chi connectivity index (χ2v) is 6.55. The fraction of sp³-hybridized carbons (Fsp3) is 0.412. The first kappa shape index (κ1) is 16.9. The van der Waals surface area contributed by atoms with Crippen molar-refractivity contribution in [3.05, 3.63) is 35.9 Å². The summed E-state index contributed by atoms with van der Waals surface area (Å²) in [5.74, 6) is -2.28. The molecule has 132 valence electrons. The van der Waals surface area contributed by atoms with Gasteiger partial charge in [-0.05, 0) is 31.2 Å². The van der Waals surface area contributed by atoms with Crippen LogP contribution in [0.5, 0.6) is 0 Å². The van der Waals surface area contributed by atoms with E-state index in [4.69, 9.17) is 0 Å². The number of imide groups is 1. The molecule has 25 heavy (non-hydrogen) atoms. The van der Waals surface area contributed by atoms with Crippen molar-refractivity contribution in [2.75, 3.05) is 6.54 Å². The molecule has 1 heterocycles. The Morgan fingerprint density at radius 1 is 1.32 bits per heavy atom. The first-order chi connectivity index (χ1) is 11.8. The number of amides is 4.